The van der Waals surface area contributed by atoms with E-state index in [0.717, 1.165) is 23.7 Å². The number of hydrogen-bond donors (Lipinski definition) is 1. The number of rotatable bonds is 4. The van der Waals surface area contributed by atoms with Crippen molar-refractivity contribution in [3.05, 3.63) is 48.3 Å². The summed E-state index contributed by atoms with van der Waals surface area (Å²) in [6.45, 7) is 4.96. The van der Waals surface area contributed by atoms with Gasteiger partial charge in [-0.1, -0.05) is 12.1 Å². The van der Waals surface area contributed by atoms with Gasteiger partial charge in [0.05, 0.1) is 18.1 Å². The number of nitrogens with zero attached hydrogens (tertiary/aromatic N) is 1. The van der Waals surface area contributed by atoms with Crippen molar-refractivity contribution in [3.63, 3.8) is 0 Å². The maximum absolute atomic E-state index is 5.74. The van der Waals surface area contributed by atoms with Crippen molar-refractivity contribution in [2.24, 2.45) is 0 Å². The zero-order valence-corrected chi connectivity index (χ0v) is 10.1. The molecular formula is C14H16N2O. The predicted octanol–water partition coefficient (Wildman–Crippen LogP) is 3.61. The van der Waals surface area contributed by atoms with Gasteiger partial charge in [0.25, 0.3) is 0 Å². The van der Waals surface area contributed by atoms with Crippen LogP contribution in [0.15, 0.2) is 42.7 Å². The van der Waals surface area contributed by atoms with Crippen LogP contribution in [-0.2, 0) is 0 Å². The third kappa shape index (κ3) is 3.21. The number of nitrogens with one attached hydrogen (secondary N) is 1. The first-order valence-corrected chi connectivity index (χ1v) is 5.71. The van der Waals surface area contributed by atoms with Crippen molar-refractivity contribution in [3.8, 4) is 11.5 Å². The van der Waals surface area contributed by atoms with Gasteiger partial charge in [-0.05, 0) is 31.5 Å². The lowest BCUT2D eigenvalue weighted by Gasteiger charge is -2.08. The predicted molar refractivity (Wildman–Crippen MR) is 69.7 cm³/mol. The van der Waals surface area contributed by atoms with E-state index in [4.69, 9.17) is 4.74 Å². The molecule has 0 spiro atoms. The van der Waals surface area contributed by atoms with E-state index in [-0.39, 0.29) is 0 Å². The van der Waals surface area contributed by atoms with E-state index in [0.29, 0.717) is 0 Å². The van der Waals surface area contributed by atoms with Crippen LogP contribution in [0.25, 0.3) is 0 Å². The van der Waals surface area contributed by atoms with E-state index in [1.165, 1.54) is 5.56 Å². The highest BCUT2D eigenvalue weighted by atomic mass is 16.5. The normalized spacial score (nSPS) is 10.0. The molecule has 0 aliphatic rings. The van der Waals surface area contributed by atoms with E-state index >= 15 is 0 Å². The molecule has 0 fully saturated rings. The number of aromatic nitrogens is 1. The minimum atomic E-state index is 0.744. The summed E-state index contributed by atoms with van der Waals surface area (Å²) in [7, 11) is 0. The van der Waals surface area contributed by atoms with Crippen LogP contribution >= 0.6 is 0 Å². The van der Waals surface area contributed by atoms with Gasteiger partial charge in [0.2, 0.25) is 0 Å². The molecule has 1 heterocycles. The van der Waals surface area contributed by atoms with Gasteiger partial charge in [0, 0.05) is 12.6 Å². The summed E-state index contributed by atoms with van der Waals surface area (Å²) < 4.78 is 5.74. The van der Waals surface area contributed by atoms with Gasteiger partial charge in [-0.2, -0.15) is 0 Å². The molecule has 0 aliphatic heterocycles. The molecule has 0 radical (unpaired) electrons. The first kappa shape index (κ1) is 11.5. The van der Waals surface area contributed by atoms with Gasteiger partial charge in [-0.25, -0.2) is 0 Å². The highest BCUT2D eigenvalue weighted by Crippen LogP contribution is 2.23. The lowest BCUT2D eigenvalue weighted by atomic mass is 10.2. The lowest BCUT2D eigenvalue weighted by Crippen LogP contribution is -1.97. The summed E-state index contributed by atoms with van der Waals surface area (Å²) in [4.78, 5) is 4.13. The molecule has 3 nitrogen and oxygen atoms in total. The maximum Gasteiger partial charge on any atom is 0.147 e. The molecule has 0 aliphatic carbocycles. The van der Waals surface area contributed by atoms with Gasteiger partial charge in [-0.3, -0.25) is 4.98 Å². The maximum atomic E-state index is 5.74. The van der Waals surface area contributed by atoms with Gasteiger partial charge >= 0.3 is 0 Å². The molecule has 0 saturated carbocycles. The highest BCUT2D eigenvalue weighted by molar-refractivity contribution is 5.46. The first-order valence-electron chi connectivity index (χ1n) is 5.71. The molecule has 2 rings (SSSR count). The van der Waals surface area contributed by atoms with E-state index in [2.05, 4.69) is 10.3 Å². The summed E-state index contributed by atoms with van der Waals surface area (Å²) in [6.07, 6.45) is 3.50. The fourth-order valence-corrected chi connectivity index (χ4v) is 1.59. The van der Waals surface area contributed by atoms with Crippen molar-refractivity contribution in [1.82, 2.24) is 4.98 Å². The van der Waals surface area contributed by atoms with E-state index in [1.807, 2.05) is 44.2 Å². The Kier molecular flexibility index (Phi) is 3.60. The van der Waals surface area contributed by atoms with Crippen LogP contribution in [-0.4, -0.2) is 11.5 Å². The van der Waals surface area contributed by atoms with Gasteiger partial charge < -0.3 is 10.1 Å². The molecule has 0 unspecified atom stereocenters. The lowest BCUT2D eigenvalue weighted by molar-refractivity contribution is 0.480. The third-order valence-electron chi connectivity index (χ3n) is 2.32. The SMILES string of the molecule is CCNc1cncc(Oc2cccc(C)c2)c1. The summed E-state index contributed by atoms with van der Waals surface area (Å²) >= 11 is 0. The fraction of sp³-hybridized carbons (Fsp3) is 0.214. The van der Waals surface area contributed by atoms with Crippen molar-refractivity contribution >= 4 is 5.69 Å². The smallest absolute Gasteiger partial charge is 0.147 e. The Morgan fingerprint density at radius 1 is 1.18 bits per heavy atom. The number of hydrogen-bond acceptors (Lipinski definition) is 3. The molecule has 2 aromatic rings. The standard InChI is InChI=1S/C14H16N2O/c1-3-16-12-8-14(10-15-9-12)17-13-6-4-5-11(2)7-13/h4-10,16H,3H2,1-2H3. The summed E-state index contributed by atoms with van der Waals surface area (Å²) in [6, 6.07) is 9.90. The van der Waals surface area contributed by atoms with Crippen molar-refractivity contribution in [1.29, 1.82) is 0 Å². The zero-order valence-electron chi connectivity index (χ0n) is 10.1. The van der Waals surface area contributed by atoms with Crippen LogP contribution in [0.4, 0.5) is 5.69 Å². The second kappa shape index (κ2) is 5.34. The first-order chi connectivity index (χ1) is 8.28. The number of aryl methyl sites for hydroxylation is 1. The fourth-order valence-electron chi connectivity index (χ4n) is 1.59. The Hall–Kier alpha value is -2.03. The topological polar surface area (TPSA) is 34.2 Å². The Balaban J connectivity index is 2.15. The van der Waals surface area contributed by atoms with E-state index in [1.54, 1.807) is 12.4 Å². The quantitative estimate of drug-likeness (QED) is 0.868. The Morgan fingerprint density at radius 2 is 2.06 bits per heavy atom. The molecule has 3 heteroatoms. The molecule has 1 aromatic heterocycles. The highest BCUT2D eigenvalue weighted by Gasteiger charge is 1.99. The number of ether oxygens (including phenoxy) is 1. The monoisotopic (exact) mass is 228 g/mol. The van der Waals surface area contributed by atoms with Crippen molar-refractivity contribution in [2.75, 3.05) is 11.9 Å². The Morgan fingerprint density at radius 3 is 2.82 bits per heavy atom. The number of anilines is 1. The number of benzene rings is 1. The molecule has 0 amide bonds. The summed E-state index contributed by atoms with van der Waals surface area (Å²) in [5, 5.41) is 3.20. The average molecular weight is 228 g/mol. The van der Waals surface area contributed by atoms with Crippen LogP contribution < -0.4 is 10.1 Å². The van der Waals surface area contributed by atoms with E-state index in [9.17, 15) is 0 Å². The molecule has 17 heavy (non-hydrogen) atoms. The minimum Gasteiger partial charge on any atom is -0.456 e. The molecule has 0 atom stereocenters. The summed E-state index contributed by atoms with van der Waals surface area (Å²) in [5.41, 5.74) is 2.15. The molecule has 0 saturated heterocycles. The van der Waals surface area contributed by atoms with Crippen LogP contribution in [0.3, 0.4) is 0 Å². The van der Waals surface area contributed by atoms with Crippen LogP contribution in [0, 0.1) is 6.92 Å². The van der Waals surface area contributed by atoms with Crippen molar-refractivity contribution in [2.45, 2.75) is 13.8 Å². The van der Waals surface area contributed by atoms with E-state index < -0.39 is 0 Å². The minimum absolute atomic E-state index is 0.744. The van der Waals surface area contributed by atoms with Crippen molar-refractivity contribution < 1.29 is 4.74 Å². The Labute approximate surface area is 101 Å². The van der Waals surface area contributed by atoms with Gasteiger partial charge in [0.15, 0.2) is 0 Å². The molecule has 1 aromatic carbocycles. The second-order valence-electron chi connectivity index (χ2n) is 3.86. The van der Waals surface area contributed by atoms with Crippen LogP contribution in [0.1, 0.15) is 12.5 Å². The van der Waals surface area contributed by atoms with Gasteiger partial charge in [0.1, 0.15) is 11.5 Å². The second-order valence-corrected chi connectivity index (χ2v) is 3.86. The largest absolute Gasteiger partial charge is 0.456 e. The van der Waals surface area contributed by atoms with Crippen LogP contribution in [0.2, 0.25) is 0 Å². The molecular weight excluding hydrogens is 212 g/mol. The molecule has 88 valence electrons. The summed E-state index contributed by atoms with van der Waals surface area (Å²) in [5.74, 6) is 1.58. The zero-order chi connectivity index (χ0) is 12.1. The third-order valence-corrected chi connectivity index (χ3v) is 2.32. The van der Waals surface area contributed by atoms with Crippen LogP contribution in [0.5, 0.6) is 11.5 Å². The molecule has 1 N–H and O–H groups in total. The Bertz CT molecular complexity index is 497. The van der Waals surface area contributed by atoms with Gasteiger partial charge in [-0.15, -0.1) is 0 Å². The number of pyridine rings is 1. The average Bonchev–Trinajstić information content (AvgIpc) is 2.30. The molecule has 0 bridgehead atoms.